The minimum Gasteiger partial charge on any atom is -0.491 e. The first-order chi connectivity index (χ1) is 8.90. The van der Waals surface area contributed by atoms with Crippen molar-refractivity contribution in [2.75, 3.05) is 13.2 Å². The van der Waals surface area contributed by atoms with Crippen molar-refractivity contribution in [3.05, 3.63) is 42.5 Å². The highest BCUT2D eigenvalue weighted by Gasteiger charge is 2.23. The van der Waals surface area contributed by atoms with Crippen LogP contribution in [-0.4, -0.2) is 19.3 Å². The summed E-state index contributed by atoms with van der Waals surface area (Å²) in [5.41, 5.74) is 1.32. The summed E-state index contributed by atoms with van der Waals surface area (Å²) in [5, 5.41) is 0. The predicted molar refractivity (Wildman–Crippen MR) is 74.0 cm³/mol. The minimum absolute atomic E-state index is 0.325. The van der Waals surface area contributed by atoms with Gasteiger partial charge in [-0.3, -0.25) is 0 Å². The van der Waals surface area contributed by atoms with Gasteiger partial charge in [-0.15, -0.1) is 6.58 Å². The number of benzene rings is 1. The van der Waals surface area contributed by atoms with Crippen LogP contribution in [0.1, 0.15) is 31.2 Å². The molecule has 18 heavy (non-hydrogen) atoms. The summed E-state index contributed by atoms with van der Waals surface area (Å²) < 4.78 is 11.0. The lowest BCUT2D eigenvalue weighted by molar-refractivity contribution is 0.261. The molecule has 2 rings (SSSR count). The first-order valence-corrected chi connectivity index (χ1v) is 6.83. The monoisotopic (exact) mass is 246 g/mol. The molecule has 0 aliphatic carbocycles. The summed E-state index contributed by atoms with van der Waals surface area (Å²) in [4.78, 5) is 0. The van der Waals surface area contributed by atoms with E-state index in [9.17, 15) is 0 Å². The summed E-state index contributed by atoms with van der Waals surface area (Å²) in [6.45, 7) is 5.28. The molecule has 98 valence electrons. The van der Waals surface area contributed by atoms with Crippen molar-refractivity contribution in [3.63, 3.8) is 0 Å². The van der Waals surface area contributed by atoms with Crippen molar-refractivity contribution < 1.29 is 9.47 Å². The fourth-order valence-corrected chi connectivity index (χ4v) is 1.98. The molecule has 2 heteroatoms. The Morgan fingerprint density at radius 3 is 2.89 bits per heavy atom. The van der Waals surface area contributed by atoms with Crippen molar-refractivity contribution in [2.24, 2.45) is 0 Å². The van der Waals surface area contributed by atoms with Gasteiger partial charge in [0.2, 0.25) is 0 Å². The van der Waals surface area contributed by atoms with Gasteiger partial charge in [0.1, 0.15) is 18.5 Å². The van der Waals surface area contributed by atoms with E-state index in [2.05, 4.69) is 24.8 Å². The average Bonchev–Trinajstić information content (AvgIpc) is 3.21. The van der Waals surface area contributed by atoms with E-state index in [1.54, 1.807) is 0 Å². The highest BCUT2D eigenvalue weighted by Crippen LogP contribution is 2.22. The smallest absolute Gasteiger partial charge is 0.122 e. The fourth-order valence-electron chi connectivity index (χ4n) is 1.98. The third kappa shape index (κ3) is 4.53. The second kappa shape index (κ2) is 7.22. The van der Waals surface area contributed by atoms with E-state index in [0.717, 1.165) is 25.2 Å². The number of hydrogen-bond acceptors (Lipinski definition) is 2. The van der Waals surface area contributed by atoms with Crippen LogP contribution in [0.3, 0.4) is 0 Å². The molecule has 2 nitrogen and oxygen atoms in total. The van der Waals surface area contributed by atoms with Gasteiger partial charge in [-0.05, 0) is 37.3 Å². The van der Waals surface area contributed by atoms with Crippen molar-refractivity contribution in [3.8, 4) is 5.75 Å². The third-order valence-corrected chi connectivity index (χ3v) is 3.15. The van der Waals surface area contributed by atoms with E-state index in [0.29, 0.717) is 12.7 Å². The van der Waals surface area contributed by atoms with Gasteiger partial charge < -0.3 is 9.47 Å². The number of rotatable bonds is 9. The van der Waals surface area contributed by atoms with Gasteiger partial charge in [0.25, 0.3) is 0 Å². The lowest BCUT2D eigenvalue weighted by Gasteiger charge is -2.10. The second-order valence-electron chi connectivity index (χ2n) is 4.76. The van der Waals surface area contributed by atoms with Gasteiger partial charge in [-0.2, -0.15) is 0 Å². The largest absolute Gasteiger partial charge is 0.491 e. The summed E-state index contributed by atoms with van der Waals surface area (Å²) in [7, 11) is 0. The van der Waals surface area contributed by atoms with E-state index in [4.69, 9.17) is 9.47 Å². The molecule has 0 spiro atoms. The van der Waals surface area contributed by atoms with Crippen LogP contribution in [0.2, 0.25) is 0 Å². The van der Waals surface area contributed by atoms with E-state index < -0.39 is 0 Å². The van der Waals surface area contributed by atoms with Crippen LogP contribution in [0.25, 0.3) is 0 Å². The summed E-state index contributed by atoms with van der Waals surface area (Å²) >= 11 is 0. The molecule has 0 bridgehead atoms. The Kier molecular flexibility index (Phi) is 5.28. The maximum Gasteiger partial charge on any atom is 0.122 e. The van der Waals surface area contributed by atoms with Gasteiger partial charge in [0, 0.05) is 0 Å². The van der Waals surface area contributed by atoms with Crippen LogP contribution in [0.15, 0.2) is 36.9 Å². The van der Waals surface area contributed by atoms with Crippen molar-refractivity contribution >= 4 is 0 Å². The zero-order valence-electron chi connectivity index (χ0n) is 10.9. The quantitative estimate of drug-likeness (QED) is 0.376. The number of epoxide rings is 1. The van der Waals surface area contributed by atoms with Gasteiger partial charge in [0.15, 0.2) is 0 Å². The first-order valence-electron chi connectivity index (χ1n) is 6.83. The number of para-hydroxylation sites is 1. The fraction of sp³-hybridized carbons (Fsp3) is 0.500. The van der Waals surface area contributed by atoms with Crippen molar-refractivity contribution in [1.29, 1.82) is 0 Å². The lowest BCUT2D eigenvalue weighted by Crippen LogP contribution is -2.05. The molecule has 1 aliphatic rings. The Bertz CT molecular complexity index is 369. The highest BCUT2D eigenvalue weighted by atomic mass is 16.6. The maximum atomic E-state index is 5.80. The van der Waals surface area contributed by atoms with Gasteiger partial charge in [-0.25, -0.2) is 0 Å². The first kappa shape index (κ1) is 13.2. The zero-order chi connectivity index (χ0) is 12.6. The van der Waals surface area contributed by atoms with E-state index in [-0.39, 0.29) is 0 Å². The molecular formula is C16H22O2. The van der Waals surface area contributed by atoms with Crippen molar-refractivity contribution in [1.82, 2.24) is 0 Å². The number of ether oxygens (including phenoxy) is 2. The molecular weight excluding hydrogens is 224 g/mol. The molecule has 1 atom stereocenters. The number of unbranched alkanes of at least 4 members (excludes halogenated alkanes) is 3. The van der Waals surface area contributed by atoms with Crippen molar-refractivity contribution in [2.45, 2.75) is 38.2 Å². The summed E-state index contributed by atoms with van der Waals surface area (Å²) in [5.74, 6) is 1.02. The van der Waals surface area contributed by atoms with Crippen LogP contribution >= 0.6 is 0 Å². The topological polar surface area (TPSA) is 21.8 Å². The normalized spacial score (nSPS) is 17.4. The molecule has 0 aromatic heterocycles. The Morgan fingerprint density at radius 1 is 1.28 bits per heavy atom. The molecule has 0 radical (unpaired) electrons. The Hall–Kier alpha value is -1.28. The number of hydrogen-bond donors (Lipinski definition) is 0. The van der Waals surface area contributed by atoms with Gasteiger partial charge >= 0.3 is 0 Å². The lowest BCUT2D eigenvalue weighted by atomic mass is 10.1. The molecule has 1 heterocycles. The predicted octanol–water partition coefficient (Wildman–Crippen LogP) is 3.75. The Morgan fingerprint density at radius 2 is 2.11 bits per heavy atom. The van der Waals surface area contributed by atoms with Crippen LogP contribution in [0.4, 0.5) is 0 Å². The standard InChI is InChI=1S/C16H22O2/c1-2-3-4-5-6-9-14-10-7-8-11-16(14)18-13-15-12-17-15/h2,7-8,10-11,15H,1,3-6,9,12-13H2. The number of allylic oxidation sites excluding steroid dienone is 1. The number of aryl methyl sites for hydroxylation is 1. The Balaban J connectivity index is 1.76. The molecule has 0 amide bonds. The van der Waals surface area contributed by atoms with E-state index in [1.807, 2.05) is 12.1 Å². The van der Waals surface area contributed by atoms with Crippen LogP contribution in [-0.2, 0) is 11.2 Å². The molecule has 1 aromatic carbocycles. The van der Waals surface area contributed by atoms with E-state index >= 15 is 0 Å². The maximum absolute atomic E-state index is 5.80. The molecule has 0 N–H and O–H groups in total. The summed E-state index contributed by atoms with van der Waals surface area (Å²) in [6, 6.07) is 8.34. The van der Waals surface area contributed by atoms with Gasteiger partial charge in [-0.1, -0.05) is 30.7 Å². The zero-order valence-corrected chi connectivity index (χ0v) is 10.9. The van der Waals surface area contributed by atoms with E-state index in [1.165, 1.54) is 24.8 Å². The molecule has 1 aliphatic heterocycles. The molecule has 1 aromatic rings. The molecule has 0 saturated carbocycles. The average molecular weight is 246 g/mol. The highest BCUT2D eigenvalue weighted by molar-refractivity contribution is 5.33. The summed E-state index contributed by atoms with van der Waals surface area (Å²) in [6.07, 6.45) is 8.25. The van der Waals surface area contributed by atoms with Gasteiger partial charge in [0.05, 0.1) is 6.61 Å². The Labute approximate surface area is 110 Å². The van der Waals surface area contributed by atoms with Crippen LogP contribution in [0, 0.1) is 0 Å². The molecule has 1 saturated heterocycles. The van der Waals surface area contributed by atoms with Crippen LogP contribution < -0.4 is 4.74 Å². The van der Waals surface area contributed by atoms with Crippen LogP contribution in [0.5, 0.6) is 5.75 Å². The molecule has 1 fully saturated rings. The second-order valence-corrected chi connectivity index (χ2v) is 4.76. The SMILES string of the molecule is C=CCCCCCc1ccccc1OCC1CO1. The third-order valence-electron chi connectivity index (χ3n) is 3.15. The minimum atomic E-state index is 0.325. The molecule has 1 unspecified atom stereocenters.